The van der Waals surface area contributed by atoms with Gasteiger partial charge in [0.25, 0.3) is 5.91 Å². The number of amides is 3. The number of carbonyl (C=O) groups excluding carboxylic acids is 3. The van der Waals surface area contributed by atoms with Crippen molar-refractivity contribution < 1.29 is 27.9 Å². The van der Waals surface area contributed by atoms with Gasteiger partial charge in [-0.05, 0) is 23.8 Å². The van der Waals surface area contributed by atoms with Crippen LogP contribution in [0.25, 0.3) is 0 Å². The summed E-state index contributed by atoms with van der Waals surface area (Å²) in [5.74, 6) is -3.75. The number of ether oxygens (including phenoxy) is 1. The van der Waals surface area contributed by atoms with Gasteiger partial charge in [-0.1, -0.05) is 29.8 Å². The smallest absolute Gasteiger partial charge is 0.312 e. The zero-order valence-corrected chi connectivity index (χ0v) is 15.1. The molecule has 0 saturated carbocycles. The first-order valence-corrected chi connectivity index (χ1v) is 8.35. The van der Waals surface area contributed by atoms with Crippen molar-refractivity contribution in [2.75, 3.05) is 11.9 Å². The number of halogens is 3. The Hall–Kier alpha value is -3.20. The van der Waals surface area contributed by atoms with Crippen molar-refractivity contribution in [1.29, 1.82) is 0 Å². The quantitative estimate of drug-likeness (QED) is 0.608. The Morgan fingerprint density at radius 3 is 2.46 bits per heavy atom. The predicted molar refractivity (Wildman–Crippen MR) is 97.5 cm³/mol. The van der Waals surface area contributed by atoms with Crippen LogP contribution in [-0.4, -0.2) is 24.5 Å². The summed E-state index contributed by atoms with van der Waals surface area (Å²) in [6.07, 6.45) is -0.328. The Morgan fingerprint density at radius 2 is 1.82 bits per heavy atom. The standard InChI is InChI=1S/C18H16ClF2N3O4/c19-12-4-2-1-3-11(12)15(24-18(22)27)8-17(26)28-9-16(25)23-10-5-6-13(20)14(21)7-10/h1-7,15H,8-9H2,(H,23,25)(H3,22,24,27)/t15-/m0/s1. The van der Waals surface area contributed by atoms with Crippen LogP contribution in [0.5, 0.6) is 0 Å². The molecule has 7 nitrogen and oxygen atoms in total. The monoisotopic (exact) mass is 411 g/mol. The average molecular weight is 412 g/mol. The van der Waals surface area contributed by atoms with Gasteiger partial charge in [-0.2, -0.15) is 0 Å². The summed E-state index contributed by atoms with van der Waals surface area (Å²) >= 11 is 6.06. The van der Waals surface area contributed by atoms with Gasteiger partial charge in [-0.15, -0.1) is 0 Å². The maximum atomic E-state index is 13.1. The van der Waals surface area contributed by atoms with E-state index in [0.29, 0.717) is 10.6 Å². The molecule has 0 aliphatic heterocycles. The lowest BCUT2D eigenvalue weighted by Gasteiger charge is -2.18. The van der Waals surface area contributed by atoms with Crippen LogP contribution in [0.2, 0.25) is 5.02 Å². The van der Waals surface area contributed by atoms with Gasteiger partial charge in [0.2, 0.25) is 0 Å². The van der Waals surface area contributed by atoms with E-state index in [-0.39, 0.29) is 12.1 Å². The SMILES string of the molecule is NC(=O)N[C@@H](CC(=O)OCC(=O)Nc1ccc(F)c(F)c1)c1ccccc1Cl. The highest BCUT2D eigenvalue weighted by Gasteiger charge is 2.21. The Bertz CT molecular complexity index is 895. The summed E-state index contributed by atoms with van der Waals surface area (Å²) in [4.78, 5) is 35.0. The summed E-state index contributed by atoms with van der Waals surface area (Å²) in [5, 5.41) is 4.95. The van der Waals surface area contributed by atoms with Crippen LogP contribution in [0.15, 0.2) is 42.5 Å². The third-order valence-corrected chi connectivity index (χ3v) is 3.88. The van der Waals surface area contributed by atoms with Crippen LogP contribution >= 0.6 is 11.6 Å². The van der Waals surface area contributed by atoms with E-state index in [0.717, 1.165) is 18.2 Å². The summed E-state index contributed by atoms with van der Waals surface area (Å²) in [6.45, 7) is -0.663. The average Bonchev–Trinajstić information content (AvgIpc) is 2.62. The van der Waals surface area contributed by atoms with Crippen LogP contribution in [0.3, 0.4) is 0 Å². The first kappa shape index (κ1) is 21.1. The highest BCUT2D eigenvalue weighted by Crippen LogP contribution is 2.25. The van der Waals surface area contributed by atoms with Gasteiger partial charge in [-0.3, -0.25) is 9.59 Å². The zero-order valence-electron chi connectivity index (χ0n) is 14.4. The Kier molecular flexibility index (Phi) is 7.28. The molecule has 0 aliphatic carbocycles. The van der Waals surface area contributed by atoms with E-state index < -0.39 is 42.2 Å². The topological polar surface area (TPSA) is 111 Å². The molecule has 3 amide bonds. The van der Waals surface area contributed by atoms with Crippen LogP contribution in [0, 0.1) is 11.6 Å². The largest absolute Gasteiger partial charge is 0.455 e. The van der Waals surface area contributed by atoms with Crippen LogP contribution < -0.4 is 16.4 Å². The number of urea groups is 1. The van der Waals surface area contributed by atoms with Crippen molar-refractivity contribution >= 4 is 35.2 Å². The minimum atomic E-state index is -1.13. The van der Waals surface area contributed by atoms with Crippen molar-refractivity contribution in [3.8, 4) is 0 Å². The lowest BCUT2D eigenvalue weighted by Crippen LogP contribution is -2.35. The number of anilines is 1. The normalized spacial score (nSPS) is 11.4. The number of nitrogens with two attached hydrogens (primary N) is 1. The molecule has 0 aliphatic rings. The van der Waals surface area contributed by atoms with E-state index in [1.54, 1.807) is 24.3 Å². The van der Waals surface area contributed by atoms with Crippen LogP contribution in [0.1, 0.15) is 18.0 Å². The molecule has 2 aromatic carbocycles. The molecule has 28 heavy (non-hydrogen) atoms. The maximum Gasteiger partial charge on any atom is 0.312 e. The van der Waals surface area contributed by atoms with Crippen LogP contribution in [-0.2, 0) is 14.3 Å². The van der Waals surface area contributed by atoms with Gasteiger partial charge in [0.15, 0.2) is 18.2 Å². The molecule has 4 N–H and O–H groups in total. The van der Waals surface area contributed by atoms with E-state index >= 15 is 0 Å². The second kappa shape index (κ2) is 9.65. The number of hydrogen-bond donors (Lipinski definition) is 3. The fourth-order valence-corrected chi connectivity index (χ4v) is 2.58. The Morgan fingerprint density at radius 1 is 1.11 bits per heavy atom. The molecule has 0 aromatic heterocycles. The molecule has 10 heteroatoms. The van der Waals surface area contributed by atoms with E-state index in [4.69, 9.17) is 22.1 Å². The summed E-state index contributed by atoms with van der Waals surface area (Å²) < 4.78 is 30.8. The van der Waals surface area contributed by atoms with Crippen molar-refractivity contribution in [3.63, 3.8) is 0 Å². The number of primary amides is 1. The van der Waals surface area contributed by atoms with Crippen molar-refractivity contribution in [1.82, 2.24) is 5.32 Å². The second-order valence-corrected chi connectivity index (χ2v) is 6.03. The number of nitrogens with one attached hydrogen (secondary N) is 2. The molecule has 2 aromatic rings. The molecule has 0 saturated heterocycles. The van der Waals surface area contributed by atoms with E-state index in [1.807, 2.05) is 0 Å². The third-order valence-electron chi connectivity index (χ3n) is 3.54. The molecule has 148 valence electrons. The van der Waals surface area contributed by atoms with Gasteiger partial charge < -0.3 is 21.1 Å². The van der Waals surface area contributed by atoms with Crippen molar-refractivity contribution in [2.45, 2.75) is 12.5 Å². The maximum absolute atomic E-state index is 13.1. The fraction of sp³-hybridized carbons (Fsp3) is 0.167. The van der Waals surface area contributed by atoms with E-state index in [2.05, 4.69) is 10.6 Å². The molecule has 0 fully saturated rings. The van der Waals surface area contributed by atoms with Gasteiger partial charge >= 0.3 is 12.0 Å². The van der Waals surface area contributed by atoms with Crippen molar-refractivity contribution in [3.05, 3.63) is 64.7 Å². The number of hydrogen-bond acceptors (Lipinski definition) is 4. The van der Waals surface area contributed by atoms with E-state index in [9.17, 15) is 23.2 Å². The highest BCUT2D eigenvalue weighted by molar-refractivity contribution is 6.31. The number of esters is 1. The molecule has 0 heterocycles. The lowest BCUT2D eigenvalue weighted by atomic mass is 10.0. The Balaban J connectivity index is 1.93. The van der Waals surface area contributed by atoms with E-state index in [1.165, 1.54) is 0 Å². The molecule has 0 bridgehead atoms. The lowest BCUT2D eigenvalue weighted by molar-refractivity contribution is -0.147. The third kappa shape index (κ3) is 6.20. The predicted octanol–water partition coefficient (Wildman–Crippen LogP) is 2.90. The molecular formula is C18H16ClF2N3O4. The van der Waals surface area contributed by atoms with Crippen LogP contribution in [0.4, 0.5) is 19.3 Å². The van der Waals surface area contributed by atoms with Gasteiger partial charge in [0.05, 0.1) is 12.5 Å². The Labute approximate surface area is 163 Å². The van der Waals surface area contributed by atoms with Gasteiger partial charge in [0, 0.05) is 16.8 Å². The minimum absolute atomic E-state index is 0.00397. The summed E-state index contributed by atoms with van der Waals surface area (Å²) in [6, 6.07) is 7.59. The number of benzene rings is 2. The second-order valence-electron chi connectivity index (χ2n) is 5.62. The first-order valence-electron chi connectivity index (χ1n) is 7.97. The molecule has 2 rings (SSSR count). The van der Waals surface area contributed by atoms with Gasteiger partial charge in [0.1, 0.15) is 0 Å². The molecule has 0 unspecified atom stereocenters. The number of rotatable bonds is 7. The van der Waals surface area contributed by atoms with Crippen molar-refractivity contribution in [2.24, 2.45) is 5.73 Å². The fourth-order valence-electron chi connectivity index (χ4n) is 2.31. The molecule has 1 atom stereocenters. The van der Waals surface area contributed by atoms with Gasteiger partial charge in [-0.25, -0.2) is 13.6 Å². The minimum Gasteiger partial charge on any atom is -0.455 e. The molecule has 0 spiro atoms. The number of carbonyl (C=O) groups is 3. The molecule has 0 radical (unpaired) electrons. The summed E-state index contributed by atoms with van der Waals surface area (Å²) in [7, 11) is 0. The molecular weight excluding hydrogens is 396 g/mol. The highest BCUT2D eigenvalue weighted by atomic mass is 35.5. The first-order chi connectivity index (χ1) is 13.3. The zero-order chi connectivity index (χ0) is 20.7. The summed E-state index contributed by atoms with van der Waals surface area (Å²) in [5.41, 5.74) is 5.57.